The summed E-state index contributed by atoms with van der Waals surface area (Å²) in [6.07, 6.45) is 4.05. The van der Waals surface area contributed by atoms with Crippen LogP contribution in [0.5, 0.6) is 0 Å². The molecule has 0 N–H and O–H groups in total. The molecule has 0 unspecified atom stereocenters. The summed E-state index contributed by atoms with van der Waals surface area (Å²) in [5.41, 5.74) is 4.69. The van der Waals surface area contributed by atoms with Gasteiger partial charge < -0.3 is 9.90 Å². The van der Waals surface area contributed by atoms with Gasteiger partial charge in [-0.1, -0.05) is 79.2 Å². The monoisotopic (exact) mass is 516 g/mol. The molecule has 4 aromatic rings. The van der Waals surface area contributed by atoms with Crippen molar-refractivity contribution in [2.75, 3.05) is 18.8 Å². The maximum absolute atomic E-state index is 14.1. The van der Waals surface area contributed by atoms with Gasteiger partial charge in [0.15, 0.2) is 0 Å². The predicted octanol–water partition coefficient (Wildman–Crippen LogP) is 1.65. The molecule has 0 saturated carbocycles. The second kappa shape index (κ2) is 11.6. The first-order valence-corrected chi connectivity index (χ1v) is 14.0. The number of piperidine rings is 1. The molecule has 5 nitrogen and oxygen atoms in total. The van der Waals surface area contributed by atoms with E-state index in [0.29, 0.717) is 24.3 Å². The van der Waals surface area contributed by atoms with Crippen LogP contribution in [0, 0.1) is 0 Å². The van der Waals surface area contributed by atoms with Crippen molar-refractivity contribution in [2.45, 2.75) is 43.3 Å². The second-order valence-corrected chi connectivity index (χ2v) is 11.0. The number of hydrogen-bond donors (Lipinski definition) is 0. The molecule has 1 atom stereocenters. The molecule has 0 spiro atoms. The Morgan fingerprint density at radius 2 is 1.61 bits per heavy atom. The number of carboxylic acids is 1. The molecule has 0 amide bonds. The van der Waals surface area contributed by atoms with Gasteiger partial charge in [0, 0.05) is 23.4 Å². The Bertz CT molecular complexity index is 1520. The van der Waals surface area contributed by atoms with Gasteiger partial charge >= 0.3 is 18.9 Å². The number of aliphatic carboxylic acids is 1. The van der Waals surface area contributed by atoms with Crippen molar-refractivity contribution in [1.82, 2.24) is 9.47 Å². The summed E-state index contributed by atoms with van der Waals surface area (Å²) in [6, 6.07) is 23.8. The molecule has 0 aliphatic carbocycles. The molecule has 7 heteroatoms. The topological polar surface area (TPSA) is 65.4 Å². The quantitative estimate of drug-likeness (QED) is 0.365. The molecule has 0 radical (unpaired) electrons. The van der Waals surface area contributed by atoms with E-state index in [1.54, 1.807) is 0 Å². The summed E-state index contributed by atoms with van der Waals surface area (Å²) in [5, 5.41) is 15.2. The Morgan fingerprint density at radius 3 is 2.37 bits per heavy atom. The van der Waals surface area contributed by atoms with Crippen molar-refractivity contribution in [2.24, 2.45) is 0 Å². The number of carboxylic acid groups (broad SMARTS) is 1. The van der Waals surface area contributed by atoms with Crippen molar-refractivity contribution in [3.8, 4) is 11.1 Å². The van der Waals surface area contributed by atoms with Crippen LogP contribution in [0.2, 0.25) is 0 Å². The number of likely N-dealkylation sites (tertiary alicyclic amines) is 1. The zero-order valence-corrected chi connectivity index (χ0v) is 22.5. The molecule has 2 aliphatic rings. The third-order valence-electron chi connectivity index (χ3n) is 7.68. The number of aromatic nitrogens is 1. The van der Waals surface area contributed by atoms with E-state index < -0.39 is 12.0 Å². The number of carbonyl (C=O) groups is 1. The van der Waals surface area contributed by atoms with Gasteiger partial charge in [-0.2, -0.15) is 0 Å². The zero-order valence-electron chi connectivity index (χ0n) is 21.7. The summed E-state index contributed by atoms with van der Waals surface area (Å²) in [6.45, 7) is 2.44. The van der Waals surface area contributed by atoms with Crippen LogP contribution < -0.4 is 29.5 Å². The standard InChI is InChI=1S/C31H30N2O3S.Li/c34-29-26(19-32-16-7-2-8-17-32)25(18-23-14-9-13-21-10-5-6-15-24(21)23)28(22-11-3-1-4-12-22)30-33(29)27(20-37-30)31(35)36;/h1,3-6,9-15,27H,2,7-8,16-20H2,(H,35,36);/q;+1/p-1/t27-;/m0./s1. The average molecular weight is 517 g/mol. The molecule has 3 heterocycles. The summed E-state index contributed by atoms with van der Waals surface area (Å²) in [5.74, 6) is -0.892. The zero-order chi connectivity index (χ0) is 25.4. The maximum Gasteiger partial charge on any atom is 1.00 e. The van der Waals surface area contributed by atoms with Gasteiger partial charge in [-0.25, -0.2) is 0 Å². The fourth-order valence-electron chi connectivity index (χ4n) is 5.84. The number of carbonyl (C=O) groups excluding carboxylic acids is 1. The van der Waals surface area contributed by atoms with Crippen LogP contribution in [0.4, 0.5) is 0 Å². The van der Waals surface area contributed by atoms with Crippen LogP contribution in [0.1, 0.15) is 42.0 Å². The van der Waals surface area contributed by atoms with Crippen LogP contribution in [0.3, 0.4) is 0 Å². The van der Waals surface area contributed by atoms with Crippen LogP contribution in [0.15, 0.2) is 82.6 Å². The van der Waals surface area contributed by atoms with Gasteiger partial charge in [-0.05, 0) is 59.8 Å². The first-order chi connectivity index (χ1) is 18.1. The molecule has 3 aromatic carbocycles. The third kappa shape index (κ3) is 4.99. The molecule has 38 heavy (non-hydrogen) atoms. The minimum atomic E-state index is -1.20. The molecule has 1 saturated heterocycles. The summed E-state index contributed by atoms with van der Waals surface area (Å²) < 4.78 is 1.51. The smallest absolute Gasteiger partial charge is 0.548 e. The molecular formula is C31H29LiN2O3S. The Kier molecular flexibility index (Phi) is 8.16. The first-order valence-electron chi connectivity index (χ1n) is 13.0. The fourth-order valence-corrected chi connectivity index (χ4v) is 7.17. The SMILES string of the molecule is O=C([O-])[C@@H]1CSc2c(-c3ccccc3)c(Cc3cccc4ccccc34)c(CN3CCCCC3)c(=O)n21.[Li+]. The van der Waals surface area contributed by atoms with E-state index in [4.69, 9.17) is 0 Å². The third-order valence-corrected chi connectivity index (χ3v) is 8.83. The van der Waals surface area contributed by atoms with Crippen LogP contribution in [0.25, 0.3) is 21.9 Å². The fraction of sp³-hybridized carbons (Fsp3) is 0.290. The molecule has 0 bridgehead atoms. The summed E-state index contributed by atoms with van der Waals surface area (Å²) >= 11 is 1.45. The van der Waals surface area contributed by atoms with Crippen molar-refractivity contribution >= 4 is 28.5 Å². The number of thioether (sulfide) groups is 1. The van der Waals surface area contributed by atoms with E-state index >= 15 is 0 Å². The molecule has 188 valence electrons. The van der Waals surface area contributed by atoms with Crippen molar-refractivity contribution in [3.05, 3.63) is 99.8 Å². The normalized spacial score (nSPS) is 17.2. The van der Waals surface area contributed by atoms with Gasteiger partial charge in [0.1, 0.15) is 0 Å². The minimum absolute atomic E-state index is 0. The number of hydrogen-bond acceptors (Lipinski definition) is 5. The van der Waals surface area contributed by atoms with Crippen LogP contribution in [-0.2, 0) is 17.8 Å². The van der Waals surface area contributed by atoms with Crippen molar-refractivity contribution in [3.63, 3.8) is 0 Å². The van der Waals surface area contributed by atoms with Crippen LogP contribution >= 0.6 is 11.8 Å². The average Bonchev–Trinajstić information content (AvgIpc) is 3.38. The van der Waals surface area contributed by atoms with E-state index in [1.807, 2.05) is 24.3 Å². The van der Waals surface area contributed by atoms with Crippen molar-refractivity contribution < 1.29 is 28.8 Å². The van der Waals surface area contributed by atoms with E-state index in [-0.39, 0.29) is 24.4 Å². The number of benzene rings is 3. The largest absolute Gasteiger partial charge is 1.00 e. The summed E-state index contributed by atoms with van der Waals surface area (Å²) in [4.78, 5) is 28.6. The van der Waals surface area contributed by atoms with Gasteiger partial charge in [0.25, 0.3) is 5.56 Å². The Morgan fingerprint density at radius 1 is 0.895 bits per heavy atom. The van der Waals surface area contributed by atoms with E-state index in [0.717, 1.165) is 47.6 Å². The van der Waals surface area contributed by atoms with Gasteiger partial charge in [0.2, 0.25) is 0 Å². The number of fused-ring (bicyclic) bond motifs is 2. The Balaban J connectivity index is 0.00000294. The predicted molar refractivity (Wildman–Crippen MR) is 147 cm³/mol. The van der Waals surface area contributed by atoms with E-state index in [1.165, 1.54) is 39.1 Å². The number of nitrogens with zero attached hydrogens (tertiary/aromatic N) is 2. The van der Waals surface area contributed by atoms with Gasteiger partial charge in [-0.3, -0.25) is 14.3 Å². The van der Waals surface area contributed by atoms with E-state index in [2.05, 4.69) is 53.4 Å². The Hall–Kier alpha value is -2.75. The minimum Gasteiger partial charge on any atom is -0.548 e. The number of rotatable bonds is 6. The molecule has 1 aromatic heterocycles. The van der Waals surface area contributed by atoms with Gasteiger partial charge in [0.05, 0.1) is 17.0 Å². The second-order valence-electron chi connectivity index (χ2n) is 9.98. The Labute approximate surface area is 239 Å². The summed E-state index contributed by atoms with van der Waals surface area (Å²) in [7, 11) is 0. The van der Waals surface area contributed by atoms with Crippen LogP contribution in [-0.4, -0.2) is 34.3 Å². The van der Waals surface area contributed by atoms with E-state index in [9.17, 15) is 14.7 Å². The molecule has 1 fully saturated rings. The first kappa shape index (κ1) is 26.8. The van der Waals surface area contributed by atoms with Crippen molar-refractivity contribution in [1.29, 1.82) is 0 Å². The molecule has 6 rings (SSSR count). The molecule has 2 aliphatic heterocycles. The van der Waals surface area contributed by atoms with Gasteiger partial charge in [-0.15, -0.1) is 11.8 Å². The molecular weight excluding hydrogens is 487 g/mol. The number of pyridine rings is 1. The maximum atomic E-state index is 14.1.